The van der Waals surface area contributed by atoms with Gasteiger partial charge in [0, 0.05) is 17.3 Å². The zero-order valence-electron chi connectivity index (χ0n) is 16.8. The summed E-state index contributed by atoms with van der Waals surface area (Å²) in [5.41, 5.74) is 6.65. The van der Waals surface area contributed by atoms with E-state index in [1.807, 2.05) is 6.92 Å². The Morgan fingerprint density at radius 3 is 2.44 bits per heavy atom. The van der Waals surface area contributed by atoms with Crippen LogP contribution in [0.2, 0.25) is 0 Å². The third-order valence-corrected chi connectivity index (χ3v) is 5.94. The van der Waals surface area contributed by atoms with E-state index in [0.717, 1.165) is 17.0 Å². The SMILES string of the molecule is CC1CC12C(=O)N(c1ccc(OC(F)(F)F)cc1)C(=O)N2c1ccnc2ccc(N)cc12. The van der Waals surface area contributed by atoms with Crippen LogP contribution >= 0.6 is 0 Å². The fourth-order valence-corrected chi connectivity index (χ4v) is 4.35. The Hall–Kier alpha value is -3.82. The van der Waals surface area contributed by atoms with Crippen molar-refractivity contribution in [2.24, 2.45) is 5.92 Å². The molecule has 3 amide bonds. The maximum absolute atomic E-state index is 13.5. The normalized spacial score (nSPS) is 22.8. The lowest BCUT2D eigenvalue weighted by atomic mass is 10.1. The molecule has 1 saturated heterocycles. The first-order valence-corrected chi connectivity index (χ1v) is 9.80. The number of carbonyl (C=O) groups excluding carboxylic acids is 2. The van der Waals surface area contributed by atoms with Crippen LogP contribution in [-0.2, 0) is 4.79 Å². The van der Waals surface area contributed by atoms with Gasteiger partial charge >= 0.3 is 12.4 Å². The van der Waals surface area contributed by atoms with E-state index in [4.69, 9.17) is 5.73 Å². The summed E-state index contributed by atoms with van der Waals surface area (Å²) < 4.78 is 41.2. The van der Waals surface area contributed by atoms with E-state index in [1.165, 1.54) is 17.0 Å². The third kappa shape index (κ3) is 2.94. The zero-order valence-corrected chi connectivity index (χ0v) is 16.8. The van der Waals surface area contributed by atoms with Crippen molar-refractivity contribution in [1.29, 1.82) is 0 Å². The number of hydrogen-bond acceptors (Lipinski definition) is 5. The summed E-state index contributed by atoms with van der Waals surface area (Å²) in [6.07, 6.45) is -2.82. The molecule has 1 spiro atoms. The first-order valence-electron chi connectivity index (χ1n) is 9.80. The lowest BCUT2D eigenvalue weighted by Gasteiger charge is -2.23. The molecule has 2 atom stereocenters. The number of carbonyl (C=O) groups is 2. The molecule has 1 saturated carbocycles. The number of nitrogen functional groups attached to an aromatic ring is 1. The summed E-state index contributed by atoms with van der Waals surface area (Å²) in [4.78, 5) is 33.7. The highest BCUT2D eigenvalue weighted by Gasteiger charge is 2.70. The number of imide groups is 1. The molecule has 2 aromatic carbocycles. The minimum absolute atomic E-state index is 0.0962. The second kappa shape index (κ2) is 6.59. The van der Waals surface area contributed by atoms with Gasteiger partial charge in [-0.1, -0.05) is 6.92 Å². The van der Waals surface area contributed by atoms with Gasteiger partial charge in [-0.25, -0.2) is 9.69 Å². The monoisotopic (exact) mass is 442 g/mol. The Morgan fingerprint density at radius 1 is 1.12 bits per heavy atom. The molecular weight excluding hydrogens is 425 g/mol. The molecule has 3 aromatic rings. The van der Waals surface area contributed by atoms with Crippen molar-refractivity contribution >= 4 is 39.9 Å². The number of hydrogen-bond donors (Lipinski definition) is 1. The fourth-order valence-electron chi connectivity index (χ4n) is 4.35. The topological polar surface area (TPSA) is 88.8 Å². The van der Waals surface area contributed by atoms with Gasteiger partial charge in [0.25, 0.3) is 5.91 Å². The van der Waals surface area contributed by atoms with E-state index >= 15 is 0 Å². The van der Waals surface area contributed by atoms with Crippen molar-refractivity contribution in [1.82, 2.24) is 4.98 Å². The van der Waals surface area contributed by atoms with Gasteiger partial charge in [0.2, 0.25) is 0 Å². The molecule has 2 N–H and O–H groups in total. The number of anilines is 3. The summed E-state index contributed by atoms with van der Waals surface area (Å²) in [6.45, 7) is 1.87. The molecule has 164 valence electrons. The van der Waals surface area contributed by atoms with Crippen molar-refractivity contribution in [3.05, 3.63) is 54.7 Å². The molecule has 5 rings (SSSR count). The molecule has 32 heavy (non-hydrogen) atoms. The molecule has 7 nitrogen and oxygen atoms in total. The Bertz CT molecular complexity index is 1260. The van der Waals surface area contributed by atoms with Gasteiger partial charge in [0.15, 0.2) is 0 Å². The molecule has 10 heteroatoms. The molecule has 2 heterocycles. The van der Waals surface area contributed by atoms with Crippen LogP contribution in [0.4, 0.5) is 35.0 Å². The van der Waals surface area contributed by atoms with Crippen molar-refractivity contribution < 1.29 is 27.5 Å². The highest BCUT2D eigenvalue weighted by atomic mass is 19.4. The Kier molecular flexibility index (Phi) is 4.14. The van der Waals surface area contributed by atoms with Crippen LogP contribution in [0.5, 0.6) is 5.75 Å². The molecule has 0 radical (unpaired) electrons. The minimum atomic E-state index is -4.84. The van der Waals surface area contributed by atoms with Crippen LogP contribution in [-0.4, -0.2) is 28.8 Å². The average Bonchev–Trinajstić information content (AvgIpc) is 3.34. The molecule has 1 aliphatic heterocycles. The number of halogens is 3. The van der Waals surface area contributed by atoms with E-state index in [1.54, 1.807) is 30.5 Å². The molecule has 1 aliphatic carbocycles. The molecular formula is C22H17F3N4O3. The van der Waals surface area contributed by atoms with Gasteiger partial charge < -0.3 is 10.5 Å². The summed E-state index contributed by atoms with van der Waals surface area (Å²) in [7, 11) is 0. The second-order valence-electron chi connectivity index (χ2n) is 7.94. The smallest absolute Gasteiger partial charge is 0.406 e. The number of benzene rings is 2. The highest BCUT2D eigenvalue weighted by molar-refractivity contribution is 6.33. The van der Waals surface area contributed by atoms with Crippen molar-refractivity contribution in [3.8, 4) is 5.75 Å². The number of rotatable bonds is 3. The molecule has 0 bridgehead atoms. The number of ether oxygens (including phenoxy) is 1. The quantitative estimate of drug-likeness (QED) is 0.478. The van der Waals surface area contributed by atoms with Gasteiger partial charge in [0.1, 0.15) is 11.3 Å². The second-order valence-corrected chi connectivity index (χ2v) is 7.94. The van der Waals surface area contributed by atoms with Crippen LogP contribution in [0.25, 0.3) is 10.9 Å². The molecule has 2 unspecified atom stereocenters. The van der Waals surface area contributed by atoms with E-state index in [0.29, 0.717) is 28.7 Å². The number of alkyl halides is 3. The Morgan fingerprint density at radius 2 is 1.81 bits per heavy atom. The largest absolute Gasteiger partial charge is 0.573 e. The first kappa shape index (κ1) is 20.1. The number of aromatic nitrogens is 1. The maximum Gasteiger partial charge on any atom is 0.573 e. The Labute approximate surface area is 180 Å². The number of nitrogens with two attached hydrogens (primary N) is 1. The summed E-state index contributed by atoms with van der Waals surface area (Å²) in [5, 5.41) is 0.628. The van der Waals surface area contributed by atoms with Crippen molar-refractivity contribution in [3.63, 3.8) is 0 Å². The van der Waals surface area contributed by atoms with Crippen molar-refractivity contribution in [2.75, 3.05) is 15.5 Å². The summed E-state index contributed by atoms with van der Waals surface area (Å²) >= 11 is 0. The highest BCUT2D eigenvalue weighted by Crippen LogP contribution is 2.56. The summed E-state index contributed by atoms with van der Waals surface area (Å²) in [5.74, 6) is -0.961. The van der Waals surface area contributed by atoms with Crippen LogP contribution in [0.15, 0.2) is 54.7 Å². The van der Waals surface area contributed by atoms with Gasteiger partial charge in [-0.2, -0.15) is 0 Å². The van der Waals surface area contributed by atoms with Crippen LogP contribution in [0.1, 0.15) is 13.3 Å². The standard InChI is InChI=1S/C22H17F3N4O3/c1-12-11-21(12)19(30)28(14-3-5-15(6-4-14)32-22(23,24)25)20(31)29(21)18-8-9-27-17-7-2-13(26)10-16(17)18/h2-10,12H,11,26H2,1H3. The number of fused-ring (bicyclic) bond motifs is 1. The number of amides is 3. The Balaban J connectivity index is 1.58. The predicted octanol–water partition coefficient (Wildman–Crippen LogP) is 4.47. The molecule has 1 aromatic heterocycles. The lowest BCUT2D eigenvalue weighted by molar-refractivity contribution is -0.274. The number of nitrogens with zero attached hydrogens (tertiary/aromatic N) is 3. The third-order valence-electron chi connectivity index (χ3n) is 5.94. The zero-order chi connectivity index (χ0) is 22.8. The van der Waals surface area contributed by atoms with E-state index in [9.17, 15) is 22.8 Å². The van der Waals surface area contributed by atoms with Crippen LogP contribution in [0, 0.1) is 5.92 Å². The van der Waals surface area contributed by atoms with E-state index < -0.39 is 29.6 Å². The van der Waals surface area contributed by atoms with E-state index in [2.05, 4.69) is 9.72 Å². The van der Waals surface area contributed by atoms with Crippen LogP contribution < -0.4 is 20.3 Å². The van der Waals surface area contributed by atoms with Gasteiger partial charge in [-0.05, 0) is 60.9 Å². The number of urea groups is 1. The minimum Gasteiger partial charge on any atom is -0.406 e. The van der Waals surface area contributed by atoms with Crippen LogP contribution in [0.3, 0.4) is 0 Å². The van der Waals surface area contributed by atoms with E-state index in [-0.39, 0.29) is 11.6 Å². The number of pyridine rings is 1. The lowest BCUT2D eigenvalue weighted by Crippen LogP contribution is -2.39. The van der Waals surface area contributed by atoms with Gasteiger partial charge in [0.05, 0.1) is 16.9 Å². The van der Waals surface area contributed by atoms with Crippen molar-refractivity contribution in [2.45, 2.75) is 25.2 Å². The maximum atomic E-state index is 13.5. The fraction of sp³-hybridized carbons (Fsp3) is 0.227. The predicted molar refractivity (Wildman–Crippen MR) is 111 cm³/mol. The molecule has 2 aliphatic rings. The first-order chi connectivity index (χ1) is 15.1. The molecule has 2 fully saturated rings. The average molecular weight is 442 g/mol. The van der Waals surface area contributed by atoms with Gasteiger partial charge in [-0.15, -0.1) is 13.2 Å². The summed E-state index contributed by atoms with van der Waals surface area (Å²) in [6, 6.07) is 10.8. The van der Waals surface area contributed by atoms with Gasteiger partial charge in [-0.3, -0.25) is 14.7 Å².